The van der Waals surface area contributed by atoms with E-state index < -0.39 is 11.6 Å². The maximum Gasteiger partial charge on any atom is 0.306 e. The first-order chi connectivity index (χ1) is 13.9. The molecular weight excluding hydrogens is 372 g/mol. The lowest BCUT2D eigenvalue weighted by Gasteiger charge is -2.43. The first kappa shape index (κ1) is 20.7. The van der Waals surface area contributed by atoms with Crippen molar-refractivity contribution in [3.05, 3.63) is 40.4 Å². The second-order valence-corrected chi connectivity index (χ2v) is 7.87. The highest BCUT2D eigenvalue weighted by Crippen LogP contribution is 2.41. The quantitative estimate of drug-likeness (QED) is 0.422. The monoisotopic (exact) mass is 398 g/mol. The second-order valence-electron chi connectivity index (χ2n) is 7.87. The number of carboxylic acid groups (broad SMARTS) is 1. The van der Waals surface area contributed by atoms with Crippen LogP contribution in [0.3, 0.4) is 0 Å². The van der Waals surface area contributed by atoms with Crippen molar-refractivity contribution in [1.82, 2.24) is 15.0 Å². The number of aromatic nitrogens is 3. The Balaban J connectivity index is 1.83. The summed E-state index contributed by atoms with van der Waals surface area (Å²) >= 11 is 0. The summed E-state index contributed by atoms with van der Waals surface area (Å²) in [6.45, 7) is 4.33. The Morgan fingerprint density at radius 2 is 2.17 bits per heavy atom. The number of nitrogens with zero attached hydrogens (tertiary/aromatic N) is 6. The zero-order valence-electron chi connectivity index (χ0n) is 16.9. The molecule has 1 fully saturated rings. The van der Waals surface area contributed by atoms with E-state index in [1.165, 1.54) is 0 Å². The minimum absolute atomic E-state index is 0.167. The van der Waals surface area contributed by atoms with Gasteiger partial charge in [0.1, 0.15) is 17.0 Å². The van der Waals surface area contributed by atoms with Crippen LogP contribution in [0.2, 0.25) is 0 Å². The zero-order valence-corrected chi connectivity index (χ0v) is 16.9. The van der Waals surface area contributed by atoms with Gasteiger partial charge in [0.2, 0.25) is 0 Å². The molecule has 0 bridgehead atoms. The van der Waals surface area contributed by atoms with Gasteiger partial charge in [-0.2, -0.15) is 0 Å². The summed E-state index contributed by atoms with van der Waals surface area (Å²) in [6.07, 6.45) is 2.90. The van der Waals surface area contributed by atoms with Gasteiger partial charge in [-0.15, -0.1) is 5.10 Å². The molecule has 29 heavy (non-hydrogen) atoms. The molecule has 9 nitrogen and oxygen atoms in total. The standard InChI is InChI=1S/C20H26N6O3/c1-13(2)20(10-4-5-15(11-20)19(27)28)29-16-8-6-14(7-9-16)18-17(12-22-24-21)26(3)25-23-18/h6-9,13,15H,4-5,10-12H2,1-3H3,(H,27,28). The Kier molecular flexibility index (Phi) is 6.08. The van der Waals surface area contributed by atoms with Crippen molar-refractivity contribution in [3.8, 4) is 17.0 Å². The van der Waals surface area contributed by atoms with E-state index in [9.17, 15) is 9.90 Å². The van der Waals surface area contributed by atoms with Crippen molar-refractivity contribution in [1.29, 1.82) is 0 Å². The average molecular weight is 398 g/mol. The molecule has 2 atom stereocenters. The third-order valence-corrected chi connectivity index (χ3v) is 5.82. The van der Waals surface area contributed by atoms with Crippen LogP contribution in [-0.2, 0) is 18.4 Å². The molecular formula is C20H26N6O3. The van der Waals surface area contributed by atoms with Crippen LogP contribution in [0.5, 0.6) is 5.75 Å². The number of ether oxygens (including phenoxy) is 1. The van der Waals surface area contributed by atoms with E-state index in [1.807, 2.05) is 24.3 Å². The Morgan fingerprint density at radius 3 is 2.79 bits per heavy atom. The maximum absolute atomic E-state index is 11.5. The highest BCUT2D eigenvalue weighted by atomic mass is 16.5. The van der Waals surface area contributed by atoms with Crippen molar-refractivity contribution >= 4 is 5.97 Å². The normalized spacial score (nSPS) is 21.6. The fourth-order valence-electron chi connectivity index (χ4n) is 4.01. The van der Waals surface area contributed by atoms with Crippen LogP contribution < -0.4 is 4.74 Å². The molecule has 0 radical (unpaired) electrons. The minimum atomic E-state index is -0.746. The van der Waals surface area contributed by atoms with E-state index in [-0.39, 0.29) is 18.4 Å². The molecule has 0 spiro atoms. The molecule has 9 heteroatoms. The fourth-order valence-corrected chi connectivity index (χ4v) is 4.01. The lowest BCUT2D eigenvalue weighted by atomic mass is 9.72. The molecule has 1 aromatic heterocycles. The minimum Gasteiger partial charge on any atom is -0.487 e. The van der Waals surface area contributed by atoms with Gasteiger partial charge in [0.05, 0.1) is 18.2 Å². The number of aryl methyl sites for hydroxylation is 1. The molecule has 1 heterocycles. The number of rotatable bonds is 7. The van der Waals surface area contributed by atoms with Crippen LogP contribution in [-0.4, -0.2) is 31.7 Å². The predicted molar refractivity (Wildman–Crippen MR) is 107 cm³/mol. The Labute approximate surface area is 169 Å². The van der Waals surface area contributed by atoms with E-state index in [4.69, 9.17) is 10.3 Å². The molecule has 3 rings (SSSR count). The van der Waals surface area contributed by atoms with Crippen LogP contribution in [0, 0.1) is 11.8 Å². The molecule has 1 aliphatic rings. The van der Waals surface area contributed by atoms with Gasteiger partial charge in [-0.05, 0) is 55.0 Å². The predicted octanol–water partition coefficient (Wildman–Crippen LogP) is 4.34. The van der Waals surface area contributed by atoms with E-state index in [0.717, 1.165) is 24.1 Å². The first-order valence-electron chi connectivity index (χ1n) is 9.78. The van der Waals surface area contributed by atoms with Gasteiger partial charge < -0.3 is 9.84 Å². The average Bonchev–Trinajstić information content (AvgIpc) is 3.07. The van der Waals surface area contributed by atoms with Gasteiger partial charge in [0.15, 0.2) is 0 Å². The third-order valence-electron chi connectivity index (χ3n) is 5.82. The molecule has 1 aliphatic carbocycles. The number of carboxylic acids is 1. The largest absolute Gasteiger partial charge is 0.487 e. The van der Waals surface area contributed by atoms with E-state index in [2.05, 4.69) is 34.2 Å². The Morgan fingerprint density at radius 1 is 1.45 bits per heavy atom. The summed E-state index contributed by atoms with van der Waals surface area (Å²) in [6, 6.07) is 7.53. The van der Waals surface area contributed by atoms with Crippen molar-refractivity contribution in [2.24, 2.45) is 24.0 Å². The lowest BCUT2D eigenvalue weighted by molar-refractivity contribution is -0.147. The number of aliphatic carboxylic acids is 1. The van der Waals surface area contributed by atoms with Gasteiger partial charge in [0.25, 0.3) is 0 Å². The molecule has 1 saturated carbocycles. The molecule has 0 saturated heterocycles. The van der Waals surface area contributed by atoms with Crippen LogP contribution in [0.15, 0.2) is 29.4 Å². The van der Waals surface area contributed by atoms with E-state index >= 15 is 0 Å². The molecule has 2 unspecified atom stereocenters. The number of carbonyl (C=O) groups is 1. The molecule has 0 amide bonds. The molecule has 1 N–H and O–H groups in total. The summed E-state index contributed by atoms with van der Waals surface area (Å²) in [4.78, 5) is 14.3. The lowest BCUT2D eigenvalue weighted by Crippen LogP contribution is -2.47. The number of hydrogen-bond donors (Lipinski definition) is 1. The van der Waals surface area contributed by atoms with Crippen molar-refractivity contribution < 1.29 is 14.6 Å². The smallest absolute Gasteiger partial charge is 0.306 e. The molecule has 1 aromatic carbocycles. The van der Waals surface area contributed by atoms with Gasteiger partial charge in [-0.25, -0.2) is 0 Å². The van der Waals surface area contributed by atoms with Crippen molar-refractivity contribution in [2.45, 2.75) is 51.7 Å². The van der Waals surface area contributed by atoms with Crippen LogP contribution in [0.1, 0.15) is 45.2 Å². The molecule has 0 aliphatic heterocycles. The number of benzene rings is 1. The topological polar surface area (TPSA) is 126 Å². The SMILES string of the molecule is CC(C)C1(Oc2ccc(-c3nnn(C)c3CN=[N+]=[N-])cc2)CCCC(C(=O)O)C1. The summed E-state index contributed by atoms with van der Waals surface area (Å²) in [5.74, 6) is -0.217. The van der Waals surface area contributed by atoms with E-state index in [0.29, 0.717) is 24.3 Å². The summed E-state index contributed by atoms with van der Waals surface area (Å²) < 4.78 is 8.00. The summed E-state index contributed by atoms with van der Waals surface area (Å²) in [5.41, 5.74) is 10.3. The van der Waals surface area contributed by atoms with Crippen LogP contribution >= 0.6 is 0 Å². The highest BCUT2D eigenvalue weighted by Gasteiger charge is 2.43. The molecule has 154 valence electrons. The van der Waals surface area contributed by atoms with Crippen molar-refractivity contribution in [2.75, 3.05) is 0 Å². The highest BCUT2D eigenvalue weighted by molar-refractivity contribution is 5.70. The maximum atomic E-state index is 11.5. The Hall–Kier alpha value is -3.06. The van der Waals surface area contributed by atoms with Gasteiger partial charge in [0, 0.05) is 23.9 Å². The number of hydrogen-bond acceptors (Lipinski definition) is 5. The summed E-state index contributed by atoms with van der Waals surface area (Å²) in [5, 5.41) is 21.3. The first-order valence-corrected chi connectivity index (χ1v) is 9.78. The van der Waals surface area contributed by atoms with Crippen LogP contribution in [0.4, 0.5) is 0 Å². The Bertz CT molecular complexity index is 917. The van der Waals surface area contributed by atoms with Gasteiger partial charge in [-0.1, -0.05) is 24.2 Å². The van der Waals surface area contributed by atoms with Crippen LogP contribution in [0.25, 0.3) is 21.7 Å². The van der Waals surface area contributed by atoms with Gasteiger partial charge >= 0.3 is 5.97 Å². The second kappa shape index (κ2) is 8.53. The summed E-state index contributed by atoms with van der Waals surface area (Å²) in [7, 11) is 1.75. The third kappa shape index (κ3) is 4.35. The van der Waals surface area contributed by atoms with E-state index in [1.54, 1.807) is 11.7 Å². The molecule has 2 aromatic rings. The van der Waals surface area contributed by atoms with Gasteiger partial charge in [-0.3, -0.25) is 9.48 Å². The zero-order chi connectivity index (χ0) is 21.0. The van der Waals surface area contributed by atoms with Crippen molar-refractivity contribution in [3.63, 3.8) is 0 Å². The fraction of sp³-hybridized carbons (Fsp3) is 0.550. The number of azide groups is 1.